The lowest BCUT2D eigenvalue weighted by molar-refractivity contribution is 0.0455. The maximum atomic E-state index is 12.5. The molecular weight excluding hydrogens is 324 g/mol. The molecule has 0 saturated heterocycles. The molecule has 0 fully saturated rings. The van der Waals surface area contributed by atoms with E-state index < -0.39 is 11.7 Å². The molecule has 2 aromatic rings. The summed E-state index contributed by atoms with van der Waals surface area (Å²) in [5.41, 5.74) is -0.788. The number of fused-ring (bicyclic) bond motifs is 1. The van der Waals surface area contributed by atoms with Crippen LogP contribution in [-0.4, -0.2) is 21.7 Å². The van der Waals surface area contributed by atoms with Gasteiger partial charge in [-0.1, -0.05) is 44.4 Å². The van der Waals surface area contributed by atoms with Crippen LogP contribution in [0.25, 0.3) is 10.1 Å². The van der Waals surface area contributed by atoms with E-state index in [1.165, 1.54) is 11.5 Å². The first-order valence-corrected chi connectivity index (χ1v) is 8.83. The van der Waals surface area contributed by atoms with Gasteiger partial charge in [0, 0.05) is 0 Å². The Balaban J connectivity index is 2.24. The molecule has 0 aliphatic heterocycles. The molecule has 1 heterocycles. The van der Waals surface area contributed by atoms with Crippen LogP contribution in [-0.2, 0) is 11.3 Å². The van der Waals surface area contributed by atoms with Gasteiger partial charge in [-0.3, -0.25) is 8.75 Å². The predicted octanol–water partition coefficient (Wildman–Crippen LogP) is 4.00. The fourth-order valence-corrected chi connectivity index (χ4v) is 3.32. The fraction of sp³-hybridized carbons (Fsp3) is 0.556. The molecule has 132 valence electrons. The number of carbonyl (C=O) groups is 1. The van der Waals surface area contributed by atoms with E-state index in [0.29, 0.717) is 11.9 Å². The van der Waals surface area contributed by atoms with E-state index in [9.17, 15) is 9.59 Å². The number of hydrogen-bond donors (Lipinski definition) is 1. The first kappa shape index (κ1) is 18.5. The SMILES string of the molecule is CC(C)(C)OC(=O)NC(Cn1sc2ccccc2c1=O)C(C)(C)C. The summed E-state index contributed by atoms with van der Waals surface area (Å²) < 4.78 is 8.01. The molecule has 1 amide bonds. The van der Waals surface area contributed by atoms with Crippen LogP contribution >= 0.6 is 11.5 Å². The van der Waals surface area contributed by atoms with Crippen molar-refractivity contribution in [3.63, 3.8) is 0 Å². The second kappa shape index (κ2) is 6.59. The van der Waals surface area contributed by atoms with Crippen LogP contribution in [0.2, 0.25) is 0 Å². The van der Waals surface area contributed by atoms with Gasteiger partial charge < -0.3 is 10.1 Å². The lowest BCUT2D eigenvalue weighted by Crippen LogP contribution is -2.48. The smallest absolute Gasteiger partial charge is 0.407 e. The van der Waals surface area contributed by atoms with Gasteiger partial charge in [-0.05, 0) is 38.3 Å². The van der Waals surface area contributed by atoms with Crippen LogP contribution in [0.5, 0.6) is 0 Å². The third-order valence-corrected chi connectivity index (χ3v) is 4.73. The number of nitrogens with zero attached hydrogens (tertiary/aromatic N) is 1. The van der Waals surface area contributed by atoms with Crippen molar-refractivity contribution in [1.82, 2.24) is 9.27 Å². The molecule has 0 radical (unpaired) electrons. The number of carbonyl (C=O) groups excluding carboxylic acids is 1. The van der Waals surface area contributed by atoms with Gasteiger partial charge in [0.15, 0.2) is 0 Å². The zero-order valence-corrected chi connectivity index (χ0v) is 16.0. The number of ether oxygens (including phenoxy) is 1. The third kappa shape index (κ3) is 4.60. The number of rotatable bonds is 3. The molecule has 1 unspecified atom stereocenters. The van der Waals surface area contributed by atoms with Crippen molar-refractivity contribution in [2.45, 2.75) is 59.7 Å². The van der Waals surface area contributed by atoms with Crippen molar-refractivity contribution in [3.05, 3.63) is 34.6 Å². The Kier molecular flexibility index (Phi) is 5.08. The Morgan fingerprint density at radius 2 is 1.83 bits per heavy atom. The minimum absolute atomic E-state index is 0.0177. The first-order valence-electron chi connectivity index (χ1n) is 8.06. The third-order valence-electron chi connectivity index (χ3n) is 3.64. The standard InChI is InChI=1S/C18H26N2O3S/c1-17(2,3)14(19-16(22)23-18(4,5)6)11-20-15(21)12-9-7-8-10-13(12)24-20/h7-10,14H,11H2,1-6H3,(H,19,22). The minimum Gasteiger partial charge on any atom is -0.444 e. The molecule has 0 aliphatic carbocycles. The maximum Gasteiger partial charge on any atom is 0.407 e. The van der Waals surface area contributed by atoms with Crippen molar-refractivity contribution in [3.8, 4) is 0 Å². The number of benzene rings is 1. The van der Waals surface area contributed by atoms with Crippen LogP contribution in [0.1, 0.15) is 41.5 Å². The zero-order valence-electron chi connectivity index (χ0n) is 15.2. The summed E-state index contributed by atoms with van der Waals surface area (Å²) in [5, 5.41) is 3.63. The zero-order chi connectivity index (χ0) is 18.1. The maximum absolute atomic E-state index is 12.5. The van der Waals surface area contributed by atoms with Crippen molar-refractivity contribution in [2.24, 2.45) is 5.41 Å². The summed E-state index contributed by atoms with van der Waals surface area (Å²) in [6.45, 7) is 12.0. The summed E-state index contributed by atoms with van der Waals surface area (Å²) in [5.74, 6) is 0. The summed E-state index contributed by atoms with van der Waals surface area (Å²) >= 11 is 1.42. The predicted molar refractivity (Wildman–Crippen MR) is 98.7 cm³/mol. The molecule has 24 heavy (non-hydrogen) atoms. The molecule has 1 aromatic heterocycles. The highest BCUT2D eigenvalue weighted by Crippen LogP contribution is 2.23. The Hall–Kier alpha value is -1.82. The molecule has 0 aliphatic rings. The van der Waals surface area contributed by atoms with E-state index in [4.69, 9.17) is 4.74 Å². The van der Waals surface area contributed by atoms with E-state index in [-0.39, 0.29) is 17.0 Å². The van der Waals surface area contributed by atoms with Crippen molar-refractivity contribution < 1.29 is 9.53 Å². The number of aromatic nitrogens is 1. The van der Waals surface area contributed by atoms with Gasteiger partial charge in [-0.2, -0.15) is 0 Å². The molecule has 1 N–H and O–H groups in total. The Morgan fingerprint density at radius 3 is 2.38 bits per heavy atom. The number of hydrogen-bond acceptors (Lipinski definition) is 4. The van der Waals surface area contributed by atoms with E-state index in [1.54, 1.807) is 3.96 Å². The van der Waals surface area contributed by atoms with Crippen LogP contribution < -0.4 is 10.9 Å². The molecule has 5 nitrogen and oxygen atoms in total. The molecule has 0 spiro atoms. The van der Waals surface area contributed by atoms with E-state index in [0.717, 1.165) is 4.70 Å². The summed E-state index contributed by atoms with van der Waals surface area (Å²) in [6.07, 6.45) is -0.461. The first-order chi connectivity index (χ1) is 11.0. The summed E-state index contributed by atoms with van der Waals surface area (Å²) in [6, 6.07) is 7.32. The second-order valence-corrected chi connectivity index (χ2v) is 9.08. The topological polar surface area (TPSA) is 60.3 Å². The quantitative estimate of drug-likeness (QED) is 0.910. The highest BCUT2D eigenvalue weighted by molar-refractivity contribution is 7.13. The Morgan fingerprint density at radius 1 is 1.21 bits per heavy atom. The number of alkyl carbamates (subject to hydrolysis) is 1. The molecule has 0 bridgehead atoms. The van der Waals surface area contributed by atoms with Gasteiger partial charge in [-0.15, -0.1) is 0 Å². The van der Waals surface area contributed by atoms with E-state index in [2.05, 4.69) is 5.32 Å². The van der Waals surface area contributed by atoms with Crippen molar-refractivity contribution in [2.75, 3.05) is 0 Å². The average molecular weight is 350 g/mol. The van der Waals surface area contributed by atoms with Crippen LogP contribution in [0.15, 0.2) is 29.1 Å². The normalized spacial score (nSPS) is 13.8. The highest BCUT2D eigenvalue weighted by atomic mass is 32.1. The van der Waals surface area contributed by atoms with Crippen LogP contribution in [0.4, 0.5) is 4.79 Å². The highest BCUT2D eigenvalue weighted by Gasteiger charge is 2.29. The Bertz CT molecular complexity index is 778. The fourth-order valence-electron chi connectivity index (χ4n) is 2.29. The number of amides is 1. The van der Waals surface area contributed by atoms with Gasteiger partial charge in [-0.25, -0.2) is 4.79 Å². The largest absolute Gasteiger partial charge is 0.444 e. The molecule has 0 saturated carbocycles. The molecule has 1 aromatic carbocycles. The van der Waals surface area contributed by atoms with Gasteiger partial charge >= 0.3 is 6.09 Å². The average Bonchev–Trinajstić information content (AvgIpc) is 2.72. The van der Waals surface area contributed by atoms with Crippen molar-refractivity contribution in [1.29, 1.82) is 0 Å². The van der Waals surface area contributed by atoms with Gasteiger partial charge in [0.1, 0.15) is 5.60 Å². The van der Waals surface area contributed by atoms with Crippen molar-refractivity contribution >= 4 is 27.7 Å². The minimum atomic E-state index is -0.555. The summed E-state index contributed by atoms with van der Waals surface area (Å²) in [4.78, 5) is 24.7. The lowest BCUT2D eigenvalue weighted by atomic mass is 9.87. The summed E-state index contributed by atoms with van der Waals surface area (Å²) in [7, 11) is 0. The second-order valence-electron chi connectivity index (χ2n) is 8.02. The van der Waals surface area contributed by atoms with Gasteiger partial charge in [0.25, 0.3) is 5.56 Å². The lowest BCUT2D eigenvalue weighted by Gasteiger charge is -2.32. The monoisotopic (exact) mass is 350 g/mol. The van der Waals surface area contributed by atoms with Gasteiger partial charge in [0.2, 0.25) is 0 Å². The Labute approximate surface area is 146 Å². The molecule has 1 atom stereocenters. The van der Waals surface area contributed by atoms with Crippen LogP contribution in [0.3, 0.4) is 0 Å². The van der Waals surface area contributed by atoms with E-state index in [1.807, 2.05) is 65.8 Å². The number of nitrogens with one attached hydrogen (secondary N) is 1. The van der Waals surface area contributed by atoms with Crippen LogP contribution in [0, 0.1) is 5.41 Å². The van der Waals surface area contributed by atoms with Gasteiger partial charge in [0.05, 0.1) is 22.7 Å². The molecular formula is C18H26N2O3S. The molecule has 2 rings (SSSR count). The van der Waals surface area contributed by atoms with E-state index >= 15 is 0 Å². The molecule has 6 heteroatoms.